The van der Waals surface area contributed by atoms with Crippen LogP contribution in [0.3, 0.4) is 0 Å². The summed E-state index contributed by atoms with van der Waals surface area (Å²) in [5.41, 5.74) is 0.945. The third kappa shape index (κ3) is 3.98. The van der Waals surface area contributed by atoms with E-state index < -0.39 is 4.92 Å². The summed E-state index contributed by atoms with van der Waals surface area (Å²) in [5, 5.41) is 14.0. The molecule has 1 aliphatic heterocycles. The van der Waals surface area contributed by atoms with E-state index in [1.54, 1.807) is 6.07 Å². The topological polar surface area (TPSA) is 84.2 Å². The maximum absolute atomic E-state index is 11.0. The molecule has 2 aromatic heterocycles. The Kier molecular flexibility index (Phi) is 5.20. The average molecular weight is 327 g/mol. The Balaban J connectivity index is 1.63. The van der Waals surface area contributed by atoms with E-state index in [0.29, 0.717) is 6.54 Å². The molecule has 1 fully saturated rings. The largest absolute Gasteiger partial charge is 0.360 e. The number of nitrogens with zero attached hydrogens (tertiary/aromatic N) is 4. The molecule has 0 radical (unpaired) electrons. The first-order valence-corrected chi connectivity index (χ1v) is 8.27. The summed E-state index contributed by atoms with van der Waals surface area (Å²) in [5.74, 6) is 1.28. The number of anilines is 2. The average Bonchev–Trinajstić information content (AvgIpc) is 2.90. The summed E-state index contributed by atoms with van der Waals surface area (Å²) in [4.78, 5) is 21.5. The lowest BCUT2D eigenvalue weighted by atomic mass is 10.2. The van der Waals surface area contributed by atoms with Crippen molar-refractivity contribution in [2.75, 3.05) is 23.3 Å². The van der Waals surface area contributed by atoms with E-state index in [0.717, 1.165) is 24.5 Å². The first kappa shape index (κ1) is 16.2. The first-order valence-electron chi connectivity index (χ1n) is 8.27. The fourth-order valence-electron chi connectivity index (χ4n) is 2.87. The van der Waals surface area contributed by atoms with Crippen LogP contribution in [-0.2, 0) is 6.54 Å². The molecule has 7 heteroatoms. The van der Waals surface area contributed by atoms with Crippen LogP contribution in [0.2, 0.25) is 0 Å². The number of nitro groups is 1. The molecule has 0 bridgehead atoms. The van der Waals surface area contributed by atoms with Crippen molar-refractivity contribution in [3.63, 3.8) is 0 Å². The fraction of sp³-hybridized carbons (Fsp3) is 0.412. The monoisotopic (exact) mass is 327 g/mol. The number of pyridine rings is 2. The van der Waals surface area contributed by atoms with Crippen LogP contribution in [0.5, 0.6) is 0 Å². The molecule has 0 amide bonds. The van der Waals surface area contributed by atoms with Gasteiger partial charge in [-0.25, -0.2) is 9.97 Å². The summed E-state index contributed by atoms with van der Waals surface area (Å²) in [6.07, 6.45) is 8.38. The third-order valence-corrected chi connectivity index (χ3v) is 4.18. The highest BCUT2D eigenvalue weighted by Gasteiger charge is 2.14. The van der Waals surface area contributed by atoms with Crippen LogP contribution >= 0.6 is 0 Å². The predicted octanol–water partition coefficient (Wildman–Crippen LogP) is 3.38. The van der Waals surface area contributed by atoms with Crippen molar-refractivity contribution in [3.8, 4) is 0 Å². The van der Waals surface area contributed by atoms with Gasteiger partial charge in [0.2, 0.25) is 5.82 Å². The van der Waals surface area contributed by atoms with Gasteiger partial charge < -0.3 is 10.2 Å². The molecule has 126 valence electrons. The number of hydrogen-bond donors (Lipinski definition) is 1. The van der Waals surface area contributed by atoms with E-state index in [4.69, 9.17) is 0 Å². The summed E-state index contributed by atoms with van der Waals surface area (Å²) in [7, 11) is 0. The van der Waals surface area contributed by atoms with Gasteiger partial charge in [0.15, 0.2) is 0 Å². The quantitative estimate of drug-likeness (QED) is 0.669. The molecule has 1 saturated heterocycles. The van der Waals surface area contributed by atoms with Gasteiger partial charge in [-0.05, 0) is 30.5 Å². The van der Waals surface area contributed by atoms with Gasteiger partial charge in [0.05, 0.1) is 4.92 Å². The number of rotatable bonds is 5. The number of hydrogen-bond acceptors (Lipinski definition) is 6. The van der Waals surface area contributed by atoms with E-state index in [-0.39, 0.29) is 11.5 Å². The highest BCUT2D eigenvalue weighted by atomic mass is 16.6. The Morgan fingerprint density at radius 2 is 1.92 bits per heavy atom. The van der Waals surface area contributed by atoms with Crippen molar-refractivity contribution < 1.29 is 4.92 Å². The molecule has 1 N–H and O–H groups in total. The zero-order valence-electron chi connectivity index (χ0n) is 13.5. The summed E-state index contributed by atoms with van der Waals surface area (Å²) >= 11 is 0. The molecule has 0 aromatic carbocycles. The van der Waals surface area contributed by atoms with Crippen LogP contribution in [-0.4, -0.2) is 28.0 Å². The Morgan fingerprint density at radius 1 is 1.12 bits per heavy atom. The van der Waals surface area contributed by atoms with Crippen LogP contribution in [0.4, 0.5) is 17.3 Å². The lowest BCUT2D eigenvalue weighted by Gasteiger charge is -2.21. The van der Waals surface area contributed by atoms with Crippen molar-refractivity contribution in [2.24, 2.45) is 0 Å². The summed E-state index contributed by atoms with van der Waals surface area (Å²) < 4.78 is 0. The Hall–Kier alpha value is -2.70. The van der Waals surface area contributed by atoms with Crippen molar-refractivity contribution in [1.29, 1.82) is 0 Å². The summed E-state index contributed by atoms with van der Waals surface area (Å²) in [6.45, 7) is 2.57. The maximum Gasteiger partial charge on any atom is 0.311 e. The van der Waals surface area contributed by atoms with Crippen molar-refractivity contribution in [2.45, 2.75) is 32.2 Å². The van der Waals surface area contributed by atoms with E-state index in [1.807, 2.05) is 18.3 Å². The van der Waals surface area contributed by atoms with Crippen molar-refractivity contribution >= 4 is 17.3 Å². The molecule has 24 heavy (non-hydrogen) atoms. The Bertz CT molecular complexity index is 682. The molecule has 1 aliphatic rings. The minimum atomic E-state index is -0.435. The molecule has 0 saturated carbocycles. The van der Waals surface area contributed by atoms with Gasteiger partial charge in [-0.1, -0.05) is 18.9 Å². The number of aromatic nitrogens is 2. The summed E-state index contributed by atoms with van der Waals surface area (Å²) in [6, 6.07) is 7.03. The smallest absolute Gasteiger partial charge is 0.311 e. The predicted molar refractivity (Wildman–Crippen MR) is 93.1 cm³/mol. The van der Waals surface area contributed by atoms with Gasteiger partial charge >= 0.3 is 5.69 Å². The van der Waals surface area contributed by atoms with Gasteiger partial charge in [-0.3, -0.25) is 10.1 Å². The molecule has 2 aromatic rings. The highest BCUT2D eigenvalue weighted by molar-refractivity contribution is 5.55. The molecule has 0 aliphatic carbocycles. The SMILES string of the molecule is O=[N+]([O-])c1cccnc1NCc1ccc(N2CCCCCC2)nc1. The second-order valence-electron chi connectivity index (χ2n) is 5.91. The zero-order chi connectivity index (χ0) is 16.8. The molecule has 3 heterocycles. The van der Waals surface area contributed by atoms with E-state index in [2.05, 4.69) is 20.2 Å². The molecule has 0 spiro atoms. The van der Waals surface area contributed by atoms with Crippen molar-refractivity contribution in [3.05, 3.63) is 52.3 Å². The Morgan fingerprint density at radius 3 is 2.58 bits per heavy atom. The van der Waals surface area contributed by atoms with Gasteiger partial charge in [-0.15, -0.1) is 0 Å². The number of nitrogens with one attached hydrogen (secondary N) is 1. The minimum absolute atomic E-state index is 0.0216. The molecule has 0 unspecified atom stereocenters. The molecular formula is C17H21N5O2. The van der Waals surface area contributed by atoms with E-state index >= 15 is 0 Å². The lowest BCUT2D eigenvalue weighted by Crippen LogP contribution is -2.24. The van der Waals surface area contributed by atoms with Gasteiger partial charge in [-0.2, -0.15) is 0 Å². The second kappa shape index (κ2) is 7.72. The lowest BCUT2D eigenvalue weighted by molar-refractivity contribution is -0.384. The Labute approximate surface area is 140 Å². The fourth-order valence-corrected chi connectivity index (χ4v) is 2.87. The molecular weight excluding hydrogens is 306 g/mol. The van der Waals surface area contributed by atoms with E-state index in [1.165, 1.54) is 37.9 Å². The maximum atomic E-state index is 11.0. The third-order valence-electron chi connectivity index (χ3n) is 4.18. The minimum Gasteiger partial charge on any atom is -0.360 e. The normalized spacial score (nSPS) is 14.9. The van der Waals surface area contributed by atoms with Crippen LogP contribution in [0.15, 0.2) is 36.7 Å². The van der Waals surface area contributed by atoms with Crippen LogP contribution in [0.25, 0.3) is 0 Å². The second-order valence-corrected chi connectivity index (χ2v) is 5.91. The van der Waals surface area contributed by atoms with Gasteiger partial charge in [0, 0.05) is 38.1 Å². The van der Waals surface area contributed by atoms with Crippen molar-refractivity contribution in [1.82, 2.24) is 9.97 Å². The highest BCUT2D eigenvalue weighted by Crippen LogP contribution is 2.21. The van der Waals surface area contributed by atoms with Crippen LogP contribution in [0, 0.1) is 10.1 Å². The zero-order valence-corrected chi connectivity index (χ0v) is 13.5. The van der Waals surface area contributed by atoms with Crippen LogP contribution < -0.4 is 10.2 Å². The van der Waals surface area contributed by atoms with Crippen LogP contribution in [0.1, 0.15) is 31.2 Å². The van der Waals surface area contributed by atoms with E-state index in [9.17, 15) is 10.1 Å². The van der Waals surface area contributed by atoms with Gasteiger partial charge in [0.1, 0.15) is 5.82 Å². The molecule has 7 nitrogen and oxygen atoms in total. The standard InChI is InChI=1S/C17H21N5O2/c23-22(24)15-6-5-9-18-17(15)20-13-14-7-8-16(19-12-14)21-10-3-1-2-4-11-21/h5-9,12H,1-4,10-11,13H2,(H,18,20). The van der Waals surface area contributed by atoms with Gasteiger partial charge in [0.25, 0.3) is 0 Å². The molecule has 3 rings (SSSR count). The molecule has 0 atom stereocenters. The first-order chi connectivity index (χ1) is 11.7.